The molecule has 1 aromatic heterocycles. The average molecular weight is 344 g/mol. The van der Waals surface area contributed by atoms with Crippen molar-refractivity contribution in [1.82, 2.24) is 9.88 Å². The number of hydrogen-bond acceptors (Lipinski definition) is 2. The number of amides is 1. The molecule has 1 atom stereocenters. The first-order chi connectivity index (χ1) is 11.8. The maximum atomic E-state index is 12.8. The molecule has 2 N–H and O–H groups in total. The molecular formula is C20H28N2O3. The van der Waals surface area contributed by atoms with Crippen LogP contribution in [0.4, 0.5) is 0 Å². The third kappa shape index (κ3) is 4.41. The van der Waals surface area contributed by atoms with Gasteiger partial charge >= 0.3 is 5.97 Å². The highest BCUT2D eigenvalue weighted by molar-refractivity contribution is 6.08. The predicted molar refractivity (Wildman–Crippen MR) is 99.8 cm³/mol. The highest BCUT2D eigenvalue weighted by atomic mass is 16.4. The molecule has 0 unspecified atom stereocenters. The van der Waals surface area contributed by atoms with Crippen LogP contribution in [0.1, 0.15) is 57.3 Å². The number of aliphatic carboxylic acids is 1. The van der Waals surface area contributed by atoms with E-state index in [0.717, 1.165) is 36.7 Å². The van der Waals surface area contributed by atoms with Crippen molar-refractivity contribution in [2.75, 3.05) is 0 Å². The standard InChI is InChI=1S/C20H28N2O3/c1-5-6-9-12-22-13-15(14-10-7-8-11-16(14)22)18(23)21-17(19(24)25)20(2,3)4/h7-8,10-11,13,17H,5-6,9,12H2,1-4H3,(H,21,23)(H,24,25)/t17-/m1/s1. The fraction of sp³-hybridized carbons (Fsp3) is 0.500. The minimum absolute atomic E-state index is 0.340. The first kappa shape index (κ1) is 19.0. The van der Waals surface area contributed by atoms with E-state index in [9.17, 15) is 14.7 Å². The van der Waals surface area contributed by atoms with Crippen LogP contribution in [0.2, 0.25) is 0 Å². The van der Waals surface area contributed by atoms with Gasteiger partial charge in [-0.1, -0.05) is 58.7 Å². The van der Waals surface area contributed by atoms with Gasteiger partial charge in [0.05, 0.1) is 5.56 Å². The molecular weight excluding hydrogens is 316 g/mol. The highest BCUT2D eigenvalue weighted by Gasteiger charge is 2.33. The van der Waals surface area contributed by atoms with Crippen LogP contribution >= 0.6 is 0 Å². The number of hydrogen-bond donors (Lipinski definition) is 2. The summed E-state index contributed by atoms with van der Waals surface area (Å²) in [4.78, 5) is 24.3. The van der Waals surface area contributed by atoms with Gasteiger partial charge in [-0.05, 0) is 17.9 Å². The molecule has 0 fully saturated rings. The number of fused-ring (bicyclic) bond motifs is 1. The van der Waals surface area contributed by atoms with Crippen LogP contribution in [0.15, 0.2) is 30.5 Å². The molecule has 1 heterocycles. The lowest BCUT2D eigenvalue weighted by Gasteiger charge is -2.27. The fourth-order valence-corrected chi connectivity index (χ4v) is 3.00. The summed E-state index contributed by atoms with van der Waals surface area (Å²) >= 11 is 0. The zero-order valence-corrected chi connectivity index (χ0v) is 15.5. The van der Waals surface area contributed by atoms with Crippen molar-refractivity contribution >= 4 is 22.8 Å². The third-order valence-corrected chi connectivity index (χ3v) is 4.42. The zero-order valence-electron chi connectivity index (χ0n) is 15.5. The summed E-state index contributed by atoms with van der Waals surface area (Å²) in [6.07, 6.45) is 5.17. The number of para-hydroxylation sites is 1. The molecule has 0 aliphatic heterocycles. The maximum absolute atomic E-state index is 12.8. The molecule has 25 heavy (non-hydrogen) atoms. The third-order valence-electron chi connectivity index (χ3n) is 4.42. The Balaban J connectivity index is 2.33. The SMILES string of the molecule is CCCCCn1cc(C(=O)N[C@H](C(=O)O)C(C)(C)C)c2ccccc21. The lowest BCUT2D eigenvalue weighted by Crippen LogP contribution is -2.49. The summed E-state index contributed by atoms with van der Waals surface area (Å²) in [5.41, 5.74) is 0.968. The van der Waals surface area contributed by atoms with Crippen LogP contribution in [0.3, 0.4) is 0 Å². The Morgan fingerprint density at radius 1 is 1.20 bits per heavy atom. The first-order valence-corrected chi connectivity index (χ1v) is 8.87. The van der Waals surface area contributed by atoms with Gasteiger partial charge in [-0.2, -0.15) is 0 Å². The van der Waals surface area contributed by atoms with E-state index in [2.05, 4.69) is 16.8 Å². The largest absolute Gasteiger partial charge is 0.480 e. The van der Waals surface area contributed by atoms with Gasteiger partial charge in [0, 0.05) is 23.6 Å². The van der Waals surface area contributed by atoms with Gasteiger partial charge in [-0.25, -0.2) is 4.79 Å². The molecule has 0 aliphatic rings. The van der Waals surface area contributed by atoms with Gasteiger partial charge in [-0.3, -0.25) is 4.79 Å². The van der Waals surface area contributed by atoms with Crippen molar-refractivity contribution in [2.24, 2.45) is 5.41 Å². The van der Waals surface area contributed by atoms with Crippen molar-refractivity contribution in [2.45, 2.75) is 59.5 Å². The van der Waals surface area contributed by atoms with Gasteiger partial charge in [-0.15, -0.1) is 0 Å². The Morgan fingerprint density at radius 3 is 2.48 bits per heavy atom. The molecule has 2 aromatic rings. The number of carbonyl (C=O) groups is 2. The van der Waals surface area contributed by atoms with Gasteiger partial charge in [0.25, 0.3) is 5.91 Å². The van der Waals surface area contributed by atoms with Crippen LogP contribution in [-0.4, -0.2) is 27.6 Å². The number of carboxylic acid groups (broad SMARTS) is 1. The summed E-state index contributed by atoms with van der Waals surface area (Å²) in [6, 6.07) is 6.81. The van der Waals surface area contributed by atoms with E-state index in [4.69, 9.17) is 0 Å². The summed E-state index contributed by atoms with van der Waals surface area (Å²) in [5.74, 6) is -1.36. The van der Waals surface area contributed by atoms with Crippen LogP contribution in [0, 0.1) is 5.41 Å². The Hall–Kier alpha value is -2.30. The van der Waals surface area contributed by atoms with E-state index in [1.165, 1.54) is 0 Å². The van der Waals surface area contributed by atoms with E-state index in [1.807, 2.05) is 30.5 Å². The number of aromatic nitrogens is 1. The molecule has 5 heteroatoms. The van der Waals surface area contributed by atoms with Crippen molar-refractivity contribution in [3.05, 3.63) is 36.0 Å². The lowest BCUT2D eigenvalue weighted by atomic mass is 9.86. The molecule has 1 aromatic carbocycles. The molecule has 0 aliphatic carbocycles. The summed E-state index contributed by atoms with van der Waals surface area (Å²) < 4.78 is 2.09. The number of carbonyl (C=O) groups excluding carboxylic acids is 1. The molecule has 136 valence electrons. The number of unbranched alkanes of at least 4 members (excludes halogenated alkanes) is 2. The maximum Gasteiger partial charge on any atom is 0.326 e. The fourth-order valence-electron chi connectivity index (χ4n) is 3.00. The lowest BCUT2D eigenvalue weighted by molar-refractivity contribution is -0.142. The van der Waals surface area contributed by atoms with E-state index in [1.54, 1.807) is 20.8 Å². The van der Waals surface area contributed by atoms with E-state index >= 15 is 0 Å². The minimum Gasteiger partial charge on any atom is -0.480 e. The van der Waals surface area contributed by atoms with Gasteiger partial charge < -0.3 is 15.0 Å². The Kier molecular flexibility index (Phi) is 5.88. The summed E-state index contributed by atoms with van der Waals surface area (Å²) in [7, 11) is 0. The van der Waals surface area contributed by atoms with Crippen LogP contribution in [0.5, 0.6) is 0 Å². The monoisotopic (exact) mass is 344 g/mol. The smallest absolute Gasteiger partial charge is 0.326 e. The van der Waals surface area contributed by atoms with Crippen LogP contribution < -0.4 is 5.32 Å². The van der Waals surface area contributed by atoms with Crippen molar-refractivity contribution in [3.63, 3.8) is 0 Å². The molecule has 0 saturated heterocycles. The van der Waals surface area contributed by atoms with E-state index < -0.39 is 17.4 Å². The van der Waals surface area contributed by atoms with Crippen molar-refractivity contribution in [1.29, 1.82) is 0 Å². The first-order valence-electron chi connectivity index (χ1n) is 8.87. The van der Waals surface area contributed by atoms with Gasteiger partial charge in [0.15, 0.2) is 0 Å². The predicted octanol–water partition coefficient (Wildman–Crippen LogP) is 4.06. The topological polar surface area (TPSA) is 71.3 Å². The number of carboxylic acids is 1. The second kappa shape index (κ2) is 7.72. The second-order valence-electron chi connectivity index (χ2n) is 7.57. The van der Waals surface area contributed by atoms with Crippen molar-refractivity contribution in [3.8, 4) is 0 Å². The van der Waals surface area contributed by atoms with E-state index in [0.29, 0.717) is 5.56 Å². The molecule has 1 amide bonds. The Labute approximate surface area is 149 Å². The number of benzene rings is 1. The van der Waals surface area contributed by atoms with E-state index in [-0.39, 0.29) is 5.91 Å². The zero-order chi connectivity index (χ0) is 18.6. The number of nitrogens with zero attached hydrogens (tertiary/aromatic N) is 1. The quantitative estimate of drug-likeness (QED) is 0.744. The number of nitrogens with one attached hydrogen (secondary N) is 1. The van der Waals surface area contributed by atoms with Gasteiger partial charge in [0.2, 0.25) is 0 Å². The Morgan fingerprint density at radius 2 is 1.88 bits per heavy atom. The molecule has 2 rings (SSSR count). The second-order valence-corrected chi connectivity index (χ2v) is 7.57. The van der Waals surface area contributed by atoms with Crippen LogP contribution in [0.25, 0.3) is 10.9 Å². The molecule has 0 spiro atoms. The number of rotatable bonds is 7. The number of aryl methyl sites for hydroxylation is 1. The normalized spacial score (nSPS) is 13.0. The van der Waals surface area contributed by atoms with Gasteiger partial charge in [0.1, 0.15) is 6.04 Å². The summed E-state index contributed by atoms with van der Waals surface area (Å²) in [6.45, 7) is 8.43. The molecule has 5 nitrogen and oxygen atoms in total. The van der Waals surface area contributed by atoms with Crippen molar-refractivity contribution < 1.29 is 14.7 Å². The highest BCUT2D eigenvalue weighted by Crippen LogP contribution is 2.24. The average Bonchev–Trinajstić information content (AvgIpc) is 2.90. The summed E-state index contributed by atoms with van der Waals surface area (Å²) in [5, 5.41) is 13.0. The molecule has 0 saturated carbocycles. The molecule has 0 bridgehead atoms. The van der Waals surface area contributed by atoms with Crippen LogP contribution in [-0.2, 0) is 11.3 Å². The minimum atomic E-state index is -1.02. The molecule has 0 radical (unpaired) electrons. The Bertz CT molecular complexity index is 756.